The maximum atomic E-state index is 10.9. The summed E-state index contributed by atoms with van der Waals surface area (Å²) in [4.78, 5) is 13.0. The van der Waals surface area contributed by atoms with Crippen molar-refractivity contribution in [1.82, 2.24) is 4.90 Å². The Bertz CT molecular complexity index is 246. The van der Waals surface area contributed by atoms with Crippen molar-refractivity contribution in [2.75, 3.05) is 20.2 Å². The molecule has 0 amide bonds. The van der Waals surface area contributed by atoms with Crippen LogP contribution in [0.5, 0.6) is 0 Å². The van der Waals surface area contributed by atoms with Crippen molar-refractivity contribution >= 4 is 18.6 Å². The molecular weight excluding hydrogens is 206 g/mol. The molecule has 14 heavy (non-hydrogen) atoms. The van der Waals surface area contributed by atoms with E-state index in [0.29, 0.717) is 5.92 Å². The number of hydrogen-bond donors (Lipinski definition) is 0. The fraction of sp³-hybridized carbons (Fsp3) is 0.667. The van der Waals surface area contributed by atoms with Gasteiger partial charge in [0, 0.05) is 25.2 Å². The average molecular weight is 220 g/mol. The smallest absolute Gasteiger partial charge is 0.437 e. The molecule has 4 nitrogen and oxygen atoms in total. The molecule has 3 heterocycles. The third-order valence-corrected chi connectivity index (χ3v) is 2.61. The Morgan fingerprint density at radius 1 is 1.50 bits per heavy atom. The zero-order chi connectivity index (χ0) is 9.26. The number of methoxy groups -OCH3 is 1. The SMILES string of the molecule is COC(=O)OC1=CN2CCC1CC2.Cl. The summed E-state index contributed by atoms with van der Waals surface area (Å²) in [6.45, 7) is 2.16. The van der Waals surface area contributed by atoms with Crippen molar-refractivity contribution in [3.63, 3.8) is 0 Å². The Balaban J connectivity index is 0.000000980. The Hall–Kier alpha value is -0.900. The Morgan fingerprint density at radius 2 is 2.14 bits per heavy atom. The molecule has 3 aliphatic rings. The first-order valence-electron chi connectivity index (χ1n) is 4.51. The summed E-state index contributed by atoms with van der Waals surface area (Å²) in [6.07, 6.45) is 3.49. The molecule has 2 bridgehead atoms. The zero-order valence-electron chi connectivity index (χ0n) is 8.06. The van der Waals surface area contributed by atoms with E-state index in [0.717, 1.165) is 31.7 Å². The van der Waals surface area contributed by atoms with E-state index in [1.165, 1.54) is 7.11 Å². The van der Waals surface area contributed by atoms with E-state index in [2.05, 4.69) is 9.64 Å². The molecule has 0 spiro atoms. The summed E-state index contributed by atoms with van der Waals surface area (Å²) < 4.78 is 9.47. The first-order chi connectivity index (χ1) is 6.29. The van der Waals surface area contributed by atoms with Crippen molar-refractivity contribution in [3.8, 4) is 0 Å². The third kappa shape index (κ3) is 2.12. The van der Waals surface area contributed by atoms with E-state index in [1.54, 1.807) is 0 Å². The number of ether oxygens (including phenoxy) is 2. The lowest BCUT2D eigenvalue weighted by Gasteiger charge is -2.37. The number of halogens is 1. The summed E-state index contributed by atoms with van der Waals surface area (Å²) in [5.41, 5.74) is 0. The van der Waals surface area contributed by atoms with Gasteiger partial charge in [-0.1, -0.05) is 0 Å². The topological polar surface area (TPSA) is 38.8 Å². The molecule has 0 aliphatic carbocycles. The molecule has 3 rings (SSSR count). The number of nitrogens with zero attached hydrogens (tertiary/aromatic N) is 1. The van der Waals surface area contributed by atoms with Gasteiger partial charge in [0.05, 0.1) is 7.11 Å². The number of carbonyl (C=O) groups excluding carboxylic acids is 1. The highest BCUT2D eigenvalue weighted by Crippen LogP contribution is 2.31. The minimum absolute atomic E-state index is 0. The predicted octanol–water partition coefficient (Wildman–Crippen LogP) is 1.76. The number of carbonyl (C=O) groups is 1. The standard InChI is InChI=1S/C9H13NO3.ClH/c1-12-9(11)13-8-6-10-4-2-7(8)3-5-10;/h6-7H,2-5H2,1H3;1H. The second-order valence-corrected chi connectivity index (χ2v) is 3.40. The van der Waals surface area contributed by atoms with Crippen LogP contribution in [-0.2, 0) is 9.47 Å². The average Bonchev–Trinajstić information content (AvgIpc) is 2.19. The normalized spacial score (nSPS) is 19.8. The molecule has 0 radical (unpaired) electrons. The lowest BCUT2D eigenvalue weighted by Crippen LogP contribution is -2.37. The van der Waals surface area contributed by atoms with Crippen LogP contribution in [0.3, 0.4) is 0 Å². The quantitative estimate of drug-likeness (QED) is 0.630. The van der Waals surface area contributed by atoms with Crippen LogP contribution >= 0.6 is 12.4 Å². The highest BCUT2D eigenvalue weighted by atomic mass is 35.5. The lowest BCUT2D eigenvalue weighted by atomic mass is 9.91. The van der Waals surface area contributed by atoms with Crippen LogP contribution in [0.2, 0.25) is 0 Å². The fourth-order valence-corrected chi connectivity index (χ4v) is 1.85. The van der Waals surface area contributed by atoms with E-state index in [9.17, 15) is 4.79 Å². The van der Waals surface area contributed by atoms with E-state index in [1.807, 2.05) is 6.20 Å². The molecule has 0 atom stereocenters. The molecule has 0 saturated carbocycles. The number of piperidine rings is 1. The summed E-state index contributed by atoms with van der Waals surface area (Å²) >= 11 is 0. The first kappa shape index (κ1) is 11.2. The number of allylic oxidation sites excluding steroid dienone is 1. The van der Waals surface area contributed by atoms with Gasteiger partial charge in [-0.15, -0.1) is 12.4 Å². The molecule has 0 aromatic carbocycles. The van der Waals surface area contributed by atoms with Gasteiger partial charge in [-0.2, -0.15) is 0 Å². The molecule has 0 unspecified atom stereocenters. The largest absolute Gasteiger partial charge is 0.513 e. The van der Waals surface area contributed by atoms with Crippen molar-refractivity contribution in [3.05, 3.63) is 12.0 Å². The number of rotatable bonds is 1. The van der Waals surface area contributed by atoms with E-state index in [-0.39, 0.29) is 12.4 Å². The summed E-state index contributed by atoms with van der Waals surface area (Å²) in [5, 5.41) is 0. The summed E-state index contributed by atoms with van der Waals surface area (Å²) in [5.74, 6) is 1.19. The van der Waals surface area contributed by atoms with Crippen LogP contribution in [0.1, 0.15) is 12.8 Å². The molecule has 1 fully saturated rings. The maximum Gasteiger partial charge on any atom is 0.513 e. The van der Waals surface area contributed by atoms with Gasteiger partial charge in [0.15, 0.2) is 0 Å². The molecule has 80 valence electrons. The minimum atomic E-state index is -0.611. The van der Waals surface area contributed by atoms with Gasteiger partial charge in [0.2, 0.25) is 0 Å². The Morgan fingerprint density at radius 3 is 2.57 bits per heavy atom. The van der Waals surface area contributed by atoms with Crippen LogP contribution in [0.4, 0.5) is 4.79 Å². The van der Waals surface area contributed by atoms with Crippen molar-refractivity contribution < 1.29 is 14.3 Å². The minimum Gasteiger partial charge on any atom is -0.437 e. The van der Waals surface area contributed by atoms with Crippen LogP contribution < -0.4 is 0 Å². The molecule has 3 aliphatic heterocycles. The summed E-state index contributed by atoms with van der Waals surface area (Å²) in [7, 11) is 1.32. The van der Waals surface area contributed by atoms with Crippen LogP contribution in [-0.4, -0.2) is 31.3 Å². The van der Waals surface area contributed by atoms with Gasteiger partial charge in [0.25, 0.3) is 0 Å². The molecule has 5 heteroatoms. The highest BCUT2D eigenvalue weighted by Gasteiger charge is 2.29. The highest BCUT2D eigenvalue weighted by molar-refractivity contribution is 5.85. The van der Waals surface area contributed by atoms with E-state index < -0.39 is 6.16 Å². The number of hydrogen-bond acceptors (Lipinski definition) is 4. The Labute approximate surface area is 89.3 Å². The monoisotopic (exact) mass is 219 g/mol. The predicted molar refractivity (Wildman–Crippen MR) is 53.1 cm³/mol. The van der Waals surface area contributed by atoms with Gasteiger partial charge in [-0.05, 0) is 12.8 Å². The van der Waals surface area contributed by atoms with Crippen molar-refractivity contribution in [1.29, 1.82) is 0 Å². The van der Waals surface area contributed by atoms with Crippen LogP contribution in [0, 0.1) is 5.92 Å². The second kappa shape index (κ2) is 4.55. The van der Waals surface area contributed by atoms with Crippen molar-refractivity contribution in [2.24, 2.45) is 5.92 Å². The van der Waals surface area contributed by atoms with Crippen LogP contribution in [0.25, 0.3) is 0 Å². The van der Waals surface area contributed by atoms with Gasteiger partial charge < -0.3 is 14.4 Å². The molecule has 1 saturated heterocycles. The number of fused-ring (bicyclic) bond motifs is 2. The summed E-state index contributed by atoms with van der Waals surface area (Å²) in [6, 6.07) is 0. The molecule has 0 N–H and O–H groups in total. The van der Waals surface area contributed by atoms with Gasteiger partial charge in [0.1, 0.15) is 5.76 Å². The lowest BCUT2D eigenvalue weighted by molar-refractivity contribution is 0.0709. The Kier molecular flexibility index (Phi) is 3.63. The van der Waals surface area contributed by atoms with Crippen molar-refractivity contribution in [2.45, 2.75) is 12.8 Å². The maximum absolute atomic E-state index is 10.9. The van der Waals surface area contributed by atoms with E-state index >= 15 is 0 Å². The second-order valence-electron chi connectivity index (χ2n) is 3.40. The molecule has 0 aromatic rings. The zero-order valence-corrected chi connectivity index (χ0v) is 8.88. The van der Waals surface area contributed by atoms with Gasteiger partial charge in [-0.25, -0.2) is 4.79 Å². The first-order valence-corrected chi connectivity index (χ1v) is 4.51. The molecular formula is C9H14ClNO3. The van der Waals surface area contributed by atoms with E-state index in [4.69, 9.17) is 4.74 Å². The van der Waals surface area contributed by atoms with Crippen LogP contribution in [0.15, 0.2) is 12.0 Å². The molecule has 0 aromatic heterocycles. The van der Waals surface area contributed by atoms with Gasteiger partial charge >= 0.3 is 6.16 Å². The van der Waals surface area contributed by atoms with Gasteiger partial charge in [-0.3, -0.25) is 0 Å². The third-order valence-electron chi connectivity index (χ3n) is 2.61. The fourth-order valence-electron chi connectivity index (χ4n) is 1.85.